The molecule has 122 valence electrons. The maximum absolute atomic E-state index is 12.7. The maximum Gasteiger partial charge on any atom is 0.255 e. The summed E-state index contributed by atoms with van der Waals surface area (Å²) in [5.41, 5.74) is 1.07. The van der Waals surface area contributed by atoms with Crippen molar-refractivity contribution in [3.05, 3.63) is 33.3 Å². The summed E-state index contributed by atoms with van der Waals surface area (Å²) in [5, 5.41) is 3.96. The molecule has 22 heavy (non-hydrogen) atoms. The molecule has 0 bridgehead atoms. The Labute approximate surface area is 151 Å². The van der Waals surface area contributed by atoms with Crippen LogP contribution in [0.4, 0.5) is 0 Å². The quantitative estimate of drug-likeness (QED) is 0.758. The summed E-state index contributed by atoms with van der Waals surface area (Å²) in [6, 6.07) is 5.45. The molecule has 3 rings (SSSR count). The molecule has 2 fully saturated rings. The zero-order valence-electron chi connectivity index (χ0n) is 12.4. The molecule has 1 spiro atoms. The van der Waals surface area contributed by atoms with Crippen LogP contribution in [0, 0.1) is 5.41 Å². The van der Waals surface area contributed by atoms with Gasteiger partial charge in [-0.1, -0.05) is 27.5 Å². The van der Waals surface area contributed by atoms with Crippen molar-refractivity contribution < 1.29 is 4.79 Å². The van der Waals surface area contributed by atoms with E-state index in [0.29, 0.717) is 16.0 Å². The molecule has 0 aliphatic carbocycles. The van der Waals surface area contributed by atoms with Gasteiger partial charge in [0.2, 0.25) is 0 Å². The second kappa shape index (κ2) is 7.52. The van der Waals surface area contributed by atoms with Gasteiger partial charge < -0.3 is 10.2 Å². The monoisotopic (exact) mass is 406 g/mol. The molecule has 1 aromatic carbocycles. The van der Waals surface area contributed by atoms with Gasteiger partial charge >= 0.3 is 0 Å². The first-order valence-electron chi connectivity index (χ1n) is 7.55. The lowest BCUT2D eigenvalue weighted by atomic mass is 9.71. The van der Waals surface area contributed by atoms with Crippen molar-refractivity contribution in [1.82, 2.24) is 10.2 Å². The minimum absolute atomic E-state index is 0. The van der Waals surface area contributed by atoms with Crippen molar-refractivity contribution in [2.75, 3.05) is 26.2 Å². The standard InChI is InChI=1S/C16H20BrClN2O.ClH/c17-12-1-2-14(18)13(11-12)15(21)20-9-5-16(6-10-20)3-7-19-8-4-16;/h1-2,11,19H,3-10H2;1H. The van der Waals surface area contributed by atoms with Crippen LogP contribution in [0.5, 0.6) is 0 Å². The lowest BCUT2D eigenvalue weighted by Crippen LogP contribution is -2.47. The van der Waals surface area contributed by atoms with Crippen molar-refractivity contribution in [2.45, 2.75) is 25.7 Å². The van der Waals surface area contributed by atoms with Crippen molar-refractivity contribution in [3.8, 4) is 0 Å². The molecule has 3 nitrogen and oxygen atoms in total. The molecule has 0 radical (unpaired) electrons. The summed E-state index contributed by atoms with van der Waals surface area (Å²) in [6.45, 7) is 3.93. The predicted molar refractivity (Wildman–Crippen MR) is 96.1 cm³/mol. The predicted octanol–water partition coefficient (Wildman–Crippen LogP) is 4.13. The molecule has 2 saturated heterocycles. The SMILES string of the molecule is Cl.O=C(c1cc(Br)ccc1Cl)N1CCC2(CCNCC2)CC1. The van der Waals surface area contributed by atoms with E-state index in [0.717, 1.165) is 43.5 Å². The number of carbonyl (C=O) groups is 1. The van der Waals surface area contributed by atoms with Gasteiger partial charge in [0.1, 0.15) is 0 Å². The van der Waals surface area contributed by atoms with Gasteiger partial charge in [0.15, 0.2) is 0 Å². The van der Waals surface area contributed by atoms with Crippen LogP contribution in [0.3, 0.4) is 0 Å². The first kappa shape index (κ1) is 18.1. The molecule has 0 unspecified atom stereocenters. The van der Waals surface area contributed by atoms with Crippen molar-refractivity contribution in [2.24, 2.45) is 5.41 Å². The van der Waals surface area contributed by atoms with E-state index in [4.69, 9.17) is 11.6 Å². The average molecular weight is 408 g/mol. The number of hydrogen-bond acceptors (Lipinski definition) is 2. The number of amides is 1. The Bertz CT molecular complexity index is 537. The highest BCUT2D eigenvalue weighted by molar-refractivity contribution is 9.10. The number of likely N-dealkylation sites (tertiary alicyclic amines) is 1. The molecule has 1 amide bonds. The minimum Gasteiger partial charge on any atom is -0.339 e. The normalized spacial score (nSPS) is 20.5. The van der Waals surface area contributed by atoms with E-state index in [1.165, 1.54) is 12.8 Å². The van der Waals surface area contributed by atoms with E-state index in [2.05, 4.69) is 21.2 Å². The van der Waals surface area contributed by atoms with Crippen LogP contribution in [-0.4, -0.2) is 37.0 Å². The Morgan fingerprint density at radius 2 is 1.82 bits per heavy atom. The van der Waals surface area contributed by atoms with Gasteiger partial charge in [0.25, 0.3) is 5.91 Å². The van der Waals surface area contributed by atoms with Gasteiger partial charge in [-0.05, 0) is 62.4 Å². The van der Waals surface area contributed by atoms with E-state index in [1.54, 1.807) is 6.07 Å². The van der Waals surface area contributed by atoms with Crippen LogP contribution in [0.15, 0.2) is 22.7 Å². The lowest BCUT2D eigenvalue weighted by Gasteiger charge is -2.44. The molecule has 2 heterocycles. The van der Waals surface area contributed by atoms with Gasteiger partial charge in [-0.15, -0.1) is 12.4 Å². The third-order valence-corrected chi connectivity index (χ3v) is 5.76. The fourth-order valence-corrected chi connectivity index (χ4v) is 4.03. The van der Waals surface area contributed by atoms with Gasteiger partial charge in [0, 0.05) is 17.6 Å². The molecule has 6 heteroatoms. The third kappa shape index (κ3) is 3.78. The Morgan fingerprint density at radius 1 is 1.18 bits per heavy atom. The lowest BCUT2D eigenvalue weighted by molar-refractivity contribution is 0.0496. The number of benzene rings is 1. The Kier molecular flexibility index (Phi) is 6.17. The molecule has 2 aliphatic rings. The molecule has 1 N–H and O–H groups in total. The van der Waals surface area contributed by atoms with Crippen molar-refractivity contribution >= 4 is 45.8 Å². The zero-order valence-corrected chi connectivity index (χ0v) is 15.6. The van der Waals surface area contributed by atoms with Gasteiger partial charge in [0.05, 0.1) is 10.6 Å². The van der Waals surface area contributed by atoms with E-state index in [1.807, 2.05) is 17.0 Å². The molecule has 0 aromatic heterocycles. The number of hydrogen-bond donors (Lipinski definition) is 1. The third-order valence-electron chi connectivity index (χ3n) is 4.93. The molecular formula is C16H21BrCl2N2O. The number of halogens is 3. The maximum atomic E-state index is 12.7. The number of nitrogens with one attached hydrogen (secondary N) is 1. The highest BCUT2D eigenvalue weighted by Gasteiger charge is 2.37. The fraction of sp³-hybridized carbons (Fsp3) is 0.562. The van der Waals surface area contributed by atoms with E-state index < -0.39 is 0 Å². The Balaban J connectivity index is 0.00000176. The largest absolute Gasteiger partial charge is 0.339 e. The Morgan fingerprint density at radius 3 is 2.45 bits per heavy atom. The summed E-state index contributed by atoms with van der Waals surface area (Å²) < 4.78 is 0.891. The van der Waals surface area contributed by atoms with Gasteiger partial charge in [-0.3, -0.25) is 4.79 Å². The van der Waals surface area contributed by atoms with Gasteiger partial charge in [-0.2, -0.15) is 0 Å². The van der Waals surface area contributed by atoms with Crippen LogP contribution >= 0.6 is 39.9 Å². The summed E-state index contributed by atoms with van der Waals surface area (Å²) in [5.74, 6) is 0.0603. The summed E-state index contributed by atoms with van der Waals surface area (Å²) >= 11 is 9.59. The number of rotatable bonds is 1. The summed E-state index contributed by atoms with van der Waals surface area (Å²) in [6.07, 6.45) is 4.72. The van der Waals surface area contributed by atoms with Crippen LogP contribution in [0.2, 0.25) is 5.02 Å². The van der Waals surface area contributed by atoms with Gasteiger partial charge in [-0.25, -0.2) is 0 Å². The van der Waals surface area contributed by atoms with Crippen molar-refractivity contribution in [3.63, 3.8) is 0 Å². The second-order valence-corrected chi connectivity index (χ2v) is 7.49. The van der Waals surface area contributed by atoms with Crippen LogP contribution in [0.1, 0.15) is 36.0 Å². The van der Waals surface area contributed by atoms with Crippen LogP contribution in [-0.2, 0) is 0 Å². The number of carbonyl (C=O) groups excluding carboxylic acids is 1. The fourth-order valence-electron chi connectivity index (χ4n) is 3.47. The van der Waals surface area contributed by atoms with E-state index in [-0.39, 0.29) is 18.3 Å². The molecule has 2 aliphatic heterocycles. The number of piperidine rings is 2. The molecule has 0 atom stereocenters. The first-order chi connectivity index (χ1) is 10.1. The van der Waals surface area contributed by atoms with E-state index in [9.17, 15) is 4.79 Å². The first-order valence-corrected chi connectivity index (χ1v) is 8.72. The molecular weight excluding hydrogens is 387 g/mol. The summed E-state index contributed by atoms with van der Waals surface area (Å²) in [4.78, 5) is 14.6. The van der Waals surface area contributed by atoms with E-state index >= 15 is 0 Å². The second-order valence-electron chi connectivity index (χ2n) is 6.17. The Hall–Kier alpha value is -0.290. The highest BCUT2D eigenvalue weighted by Crippen LogP contribution is 2.40. The smallest absolute Gasteiger partial charge is 0.255 e. The summed E-state index contributed by atoms with van der Waals surface area (Å²) in [7, 11) is 0. The number of nitrogens with zero attached hydrogens (tertiary/aromatic N) is 1. The molecule has 0 saturated carbocycles. The van der Waals surface area contributed by atoms with Crippen LogP contribution < -0.4 is 5.32 Å². The molecule has 1 aromatic rings. The van der Waals surface area contributed by atoms with Crippen molar-refractivity contribution in [1.29, 1.82) is 0 Å². The topological polar surface area (TPSA) is 32.3 Å². The average Bonchev–Trinajstić information content (AvgIpc) is 2.51. The minimum atomic E-state index is 0. The zero-order chi connectivity index (χ0) is 14.9. The highest BCUT2D eigenvalue weighted by atomic mass is 79.9. The van der Waals surface area contributed by atoms with Crippen LogP contribution in [0.25, 0.3) is 0 Å².